The zero-order valence-electron chi connectivity index (χ0n) is 2.64. The summed E-state index contributed by atoms with van der Waals surface area (Å²) >= 11 is 0. The third-order valence-electron chi connectivity index (χ3n) is 0.175. The Bertz CT molecular complexity index is 59.8. The fraction of sp³-hybridized carbons (Fsp3) is 0. The van der Waals surface area contributed by atoms with E-state index in [2.05, 4.69) is 6.58 Å². The van der Waals surface area contributed by atoms with Gasteiger partial charge in [-0.1, -0.05) is 6.58 Å². The van der Waals surface area contributed by atoms with Crippen LogP contribution in [0.15, 0.2) is 12.7 Å². The second-order valence-corrected chi connectivity index (χ2v) is 0.542. The van der Waals surface area contributed by atoms with E-state index in [1.807, 2.05) is 0 Å². The molecule has 3 heteroatoms. The molecule has 0 amide bonds. The first-order valence-corrected chi connectivity index (χ1v) is 1.12. The predicted octanol–water partition coefficient (Wildman–Crippen LogP) is -0.659. The van der Waals surface area contributed by atoms with Crippen LogP contribution in [0.25, 0.3) is 0 Å². The molecular weight excluding hydrogens is 108 g/mol. The standard InChI is InChI=1S/C3H4O2.Ca.2H/c1-2-3(4)5;;;/h2H,1H2,(H,4,5);;;. The van der Waals surface area contributed by atoms with Crippen molar-refractivity contribution in [2.24, 2.45) is 0 Å². The summed E-state index contributed by atoms with van der Waals surface area (Å²) in [7, 11) is 0. The monoisotopic (exact) mass is 114 g/mol. The van der Waals surface area contributed by atoms with Gasteiger partial charge in [-0.2, -0.15) is 0 Å². The van der Waals surface area contributed by atoms with E-state index in [1.54, 1.807) is 0 Å². The van der Waals surface area contributed by atoms with E-state index in [0.29, 0.717) is 0 Å². The fourth-order valence-corrected chi connectivity index (χ4v) is 0. The van der Waals surface area contributed by atoms with E-state index < -0.39 is 5.97 Å². The second kappa shape index (κ2) is 5.47. The Labute approximate surface area is 65.9 Å². The van der Waals surface area contributed by atoms with E-state index >= 15 is 0 Å². The molecule has 0 aliphatic heterocycles. The van der Waals surface area contributed by atoms with E-state index in [-0.39, 0.29) is 37.7 Å². The first-order valence-electron chi connectivity index (χ1n) is 1.12. The van der Waals surface area contributed by atoms with Gasteiger partial charge in [-0.3, -0.25) is 0 Å². The summed E-state index contributed by atoms with van der Waals surface area (Å²) in [6.45, 7) is 2.96. The summed E-state index contributed by atoms with van der Waals surface area (Å²) in [5.41, 5.74) is 0. The van der Waals surface area contributed by atoms with E-state index in [9.17, 15) is 4.79 Å². The third-order valence-corrected chi connectivity index (χ3v) is 0.175. The zero-order chi connectivity index (χ0) is 4.28. The van der Waals surface area contributed by atoms with Gasteiger partial charge in [0.1, 0.15) is 0 Å². The van der Waals surface area contributed by atoms with E-state index in [4.69, 9.17) is 5.11 Å². The molecule has 32 valence electrons. The Morgan fingerprint density at radius 1 is 1.83 bits per heavy atom. The van der Waals surface area contributed by atoms with Crippen molar-refractivity contribution in [1.82, 2.24) is 0 Å². The van der Waals surface area contributed by atoms with Crippen molar-refractivity contribution in [1.29, 1.82) is 0 Å². The minimum absolute atomic E-state index is 0. The molecule has 2 nitrogen and oxygen atoms in total. The number of carboxylic acids is 1. The maximum atomic E-state index is 9.25. The maximum absolute atomic E-state index is 9.25. The van der Waals surface area contributed by atoms with Crippen molar-refractivity contribution in [3.63, 3.8) is 0 Å². The molecule has 0 rings (SSSR count). The van der Waals surface area contributed by atoms with Gasteiger partial charge >= 0.3 is 43.7 Å². The summed E-state index contributed by atoms with van der Waals surface area (Å²) in [5, 5.41) is 7.60. The van der Waals surface area contributed by atoms with Crippen molar-refractivity contribution < 1.29 is 9.90 Å². The number of aliphatic carboxylic acids is 1. The molecule has 0 saturated heterocycles. The van der Waals surface area contributed by atoms with Gasteiger partial charge in [0, 0.05) is 6.08 Å². The van der Waals surface area contributed by atoms with Crippen molar-refractivity contribution in [3.8, 4) is 0 Å². The van der Waals surface area contributed by atoms with Crippen molar-refractivity contribution >= 4 is 43.7 Å². The first-order chi connectivity index (χ1) is 2.27. The molecule has 0 unspecified atom stereocenters. The Hall–Kier alpha value is 0.470. The van der Waals surface area contributed by atoms with Gasteiger partial charge in [0.05, 0.1) is 0 Å². The average Bonchev–Trinajstić information content (AvgIpc) is 1.38. The molecule has 0 saturated carbocycles. The number of carbonyl (C=O) groups is 1. The molecule has 0 bridgehead atoms. The van der Waals surface area contributed by atoms with Gasteiger partial charge < -0.3 is 5.11 Å². The molecule has 0 spiro atoms. The quantitative estimate of drug-likeness (QED) is 0.363. The molecule has 0 radical (unpaired) electrons. The van der Waals surface area contributed by atoms with E-state index in [1.165, 1.54) is 0 Å². The van der Waals surface area contributed by atoms with Gasteiger partial charge in [-0.15, -0.1) is 0 Å². The van der Waals surface area contributed by atoms with Crippen LogP contribution in [-0.2, 0) is 4.79 Å². The van der Waals surface area contributed by atoms with Crippen LogP contribution < -0.4 is 0 Å². The van der Waals surface area contributed by atoms with Crippen LogP contribution in [0.2, 0.25) is 0 Å². The van der Waals surface area contributed by atoms with Crippen LogP contribution in [0.4, 0.5) is 0 Å². The normalized spacial score (nSPS) is 5.33. The van der Waals surface area contributed by atoms with Gasteiger partial charge in [0.15, 0.2) is 0 Å². The molecule has 0 fully saturated rings. The Balaban J connectivity index is 0. The molecule has 0 aromatic rings. The molecule has 0 aromatic carbocycles. The molecule has 1 N–H and O–H groups in total. The second-order valence-electron chi connectivity index (χ2n) is 0.542. The van der Waals surface area contributed by atoms with Crippen LogP contribution in [0.5, 0.6) is 0 Å². The van der Waals surface area contributed by atoms with Crippen molar-refractivity contribution in [3.05, 3.63) is 12.7 Å². The summed E-state index contributed by atoms with van der Waals surface area (Å²) in [6.07, 6.45) is 0.833. The number of rotatable bonds is 1. The SMILES string of the molecule is C=CC(=O)O.[CaH2]. The van der Waals surface area contributed by atoms with Crippen LogP contribution in [0.3, 0.4) is 0 Å². The molecule has 6 heavy (non-hydrogen) atoms. The zero-order valence-corrected chi connectivity index (χ0v) is 2.64. The molecule has 0 heterocycles. The Morgan fingerprint density at radius 2 is 2.00 bits per heavy atom. The summed E-state index contributed by atoms with van der Waals surface area (Å²) < 4.78 is 0. The minimum atomic E-state index is -0.981. The molecule has 0 aliphatic rings. The van der Waals surface area contributed by atoms with Crippen LogP contribution in [0, 0.1) is 0 Å². The molecule has 0 aliphatic carbocycles. The fourth-order valence-electron chi connectivity index (χ4n) is 0. The number of hydrogen-bond acceptors (Lipinski definition) is 1. The summed E-state index contributed by atoms with van der Waals surface area (Å²) in [6, 6.07) is 0. The van der Waals surface area contributed by atoms with Crippen LogP contribution in [0.1, 0.15) is 0 Å². The van der Waals surface area contributed by atoms with Crippen molar-refractivity contribution in [2.75, 3.05) is 0 Å². The molecule has 0 atom stereocenters. The number of carboxylic acid groups (broad SMARTS) is 1. The number of hydrogen-bond donors (Lipinski definition) is 1. The first kappa shape index (κ1) is 9.69. The topological polar surface area (TPSA) is 37.3 Å². The molecular formula is C3H6CaO2. The molecule has 0 aromatic heterocycles. The van der Waals surface area contributed by atoms with Gasteiger partial charge in [0.25, 0.3) is 0 Å². The average molecular weight is 114 g/mol. The van der Waals surface area contributed by atoms with Gasteiger partial charge in [-0.25, -0.2) is 4.79 Å². The Morgan fingerprint density at radius 3 is 2.00 bits per heavy atom. The van der Waals surface area contributed by atoms with Crippen molar-refractivity contribution in [2.45, 2.75) is 0 Å². The van der Waals surface area contributed by atoms with Gasteiger partial charge in [0.2, 0.25) is 0 Å². The van der Waals surface area contributed by atoms with Crippen LogP contribution >= 0.6 is 0 Å². The third kappa shape index (κ3) is 8.82. The van der Waals surface area contributed by atoms with Crippen LogP contribution in [-0.4, -0.2) is 48.8 Å². The Kier molecular flexibility index (Phi) is 8.83. The summed E-state index contributed by atoms with van der Waals surface area (Å²) in [4.78, 5) is 9.25. The van der Waals surface area contributed by atoms with E-state index in [0.717, 1.165) is 6.08 Å². The van der Waals surface area contributed by atoms with Gasteiger partial charge in [-0.05, 0) is 0 Å². The summed E-state index contributed by atoms with van der Waals surface area (Å²) in [5.74, 6) is -0.981. The predicted molar refractivity (Wildman–Crippen MR) is 26.4 cm³/mol.